The zero-order chi connectivity index (χ0) is 9.59. The predicted molar refractivity (Wildman–Crippen MR) is 53.3 cm³/mol. The van der Waals surface area contributed by atoms with Crippen molar-refractivity contribution in [1.29, 1.82) is 0 Å². The van der Waals surface area contributed by atoms with Gasteiger partial charge in [-0.1, -0.05) is 7.43 Å². The Morgan fingerprint density at radius 1 is 1.33 bits per heavy atom. The molecule has 7 heteroatoms. The molecular weight excluding hydrogens is 292 g/mol. The van der Waals surface area contributed by atoms with Gasteiger partial charge in [0.05, 0.1) is 6.33 Å². The topological polar surface area (TPSA) is 72.7 Å². The van der Waals surface area contributed by atoms with Gasteiger partial charge in [-0.3, -0.25) is 14.3 Å². The van der Waals surface area contributed by atoms with Crippen molar-refractivity contribution in [3.8, 4) is 0 Å². The van der Waals surface area contributed by atoms with Gasteiger partial charge < -0.3 is 4.57 Å². The third-order valence-electron chi connectivity index (χ3n) is 1.98. The molecule has 2 heterocycles. The van der Waals surface area contributed by atoms with Crippen molar-refractivity contribution in [3.05, 3.63) is 27.2 Å². The predicted octanol–water partition coefficient (Wildman–Crippen LogP) is -0.406. The van der Waals surface area contributed by atoms with Crippen molar-refractivity contribution in [2.75, 3.05) is 0 Å². The number of fused-ring (bicyclic) bond motifs is 1. The first-order valence-electron chi connectivity index (χ1n) is 3.71. The smallest absolute Gasteiger partial charge is 0.328 e. The van der Waals surface area contributed by atoms with Crippen LogP contribution < -0.4 is 11.2 Å². The van der Waals surface area contributed by atoms with Gasteiger partial charge in [-0.25, -0.2) is 9.78 Å². The zero-order valence-electron chi connectivity index (χ0n) is 7.54. The Hall–Kier alpha value is -1.11. The summed E-state index contributed by atoms with van der Waals surface area (Å²) in [5.74, 6) is 0. The molecule has 0 saturated carbocycles. The SMILES string of the molecule is C.Cn1cnc2c1c(=O)[nH]c(=O)n2C.[Ag]. The number of hydrogen-bond donors (Lipinski definition) is 1. The third kappa shape index (κ3) is 1.97. The average Bonchev–Trinajstić information content (AvgIpc) is 2.44. The first kappa shape index (κ1) is 13.9. The van der Waals surface area contributed by atoms with Gasteiger partial charge in [-0.15, -0.1) is 0 Å². The summed E-state index contributed by atoms with van der Waals surface area (Å²) in [4.78, 5) is 28.6. The summed E-state index contributed by atoms with van der Waals surface area (Å²) in [6.45, 7) is 0. The van der Waals surface area contributed by atoms with Gasteiger partial charge in [0, 0.05) is 36.5 Å². The van der Waals surface area contributed by atoms with E-state index in [1.54, 1.807) is 18.7 Å². The molecule has 87 valence electrons. The second kappa shape index (κ2) is 4.61. The Morgan fingerprint density at radius 3 is 2.53 bits per heavy atom. The number of nitrogens with one attached hydrogen (secondary N) is 1. The Bertz CT molecular complexity index is 580. The Balaban J connectivity index is 0.000000980. The van der Waals surface area contributed by atoms with Crippen LogP contribution in [0.4, 0.5) is 0 Å². The van der Waals surface area contributed by atoms with Crippen molar-refractivity contribution in [2.24, 2.45) is 14.1 Å². The summed E-state index contributed by atoms with van der Waals surface area (Å²) in [5.41, 5.74) is -0.0485. The molecule has 0 aliphatic heterocycles. The van der Waals surface area contributed by atoms with E-state index in [1.807, 2.05) is 0 Å². The van der Waals surface area contributed by atoms with Crippen LogP contribution in [-0.4, -0.2) is 19.1 Å². The number of rotatable bonds is 0. The van der Waals surface area contributed by atoms with Crippen LogP contribution in [0.25, 0.3) is 11.2 Å². The standard InChI is InChI=1S/C7H8N4O2.CH4.Ag/c1-10-3-8-5-4(10)6(12)9-7(13)11(5)2;;/h3H,1-2H3,(H,9,12,13);1H4;. The fraction of sp³-hybridized carbons (Fsp3) is 0.375. The second-order valence-electron chi connectivity index (χ2n) is 2.85. The van der Waals surface area contributed by atoms with E-state index in [9.17, 15) is 9.59 Å². The van der Waals surface area contributed by atoms with Crippen LogP contribution in [0.1, 0.15) is 7.43 Å². The number of imidazole rings is 1. The number of aromatic amines is 1. The molecule has 15 heavy (non-hydrogen) atoms. The first-order valence-corrected chi connectivity index (χ1v) is 3.71. The normalized spacial score (nSPS) is 9.47. The van der Waals surface area contributed by atoms with Gasteiger partial charge in [0.2, 0.25) is 0 Å². The molecule has 0 atom stereocenters. The van der Waals surface area contributed by atoms with Crippen molar-refractivity contribution in [1.82, 2.24) is 19.1 Å². The summed E-state index contributed by atoms with van der Waals surface area (Å²) in [6.07, 6.45) is 1.50. The number of H-pyrrole nitrogens is 1. The van der Waals surface area contributed by atoms with E-state index in [2.05, 4.69) is 9.97 Å². The molecule has 2 rings (SSSR count). The molecule has 0 amide bonds. The minimum atomic E-state index is -0.448. The van der Waals surface area contributed by atoms with Gasteiger partial charge in [-0.05, 0) is 0 Å². The van der Waals surface area contributed by atoms with Crippen molar-refractivity contribution in [2.45, 2.75) is 7.43 Å². The fourth-order valence-corrected chi connectivity index (χ4v) is 1.26. The van der Waals surface area contributed by atoms with Crippen LogP contribution >= 0.6 is 0 Å². The number of hydrogen-bond acceptors (Lipinski definition) is 3. The Labute approximate surface area is 101 Å². The van der Waals surface area contributed by atoms with Gasteiger partial charge in [0.1, 0.15) is 0 Å². The maximum absolute atomic E-state index is 11.3. The number of nitrogens with zero attached hydrogens (tertiary/aromatic N) is 3. The molecule has 1 N–H and O–H groups in total. The molecule has 0 spiro atoms. The summed E-state index contributed by atoms with van der Waals surface area (Å²) in [7, 11) is 3.27. The van der Waals surface area contributed by atoms with E-state index in [4.69, 9.17) is 0 Å². The summed E-state index contributed by atoms with van der Waals surface area (Å²) in [6, 6.07) is 0. The van der Waals surface area contributed by atoms with Crippen LogP contribution in [0.5, 0.6) is 0 Å². The van der Waals surface area contributed by atoms with Gasteiger partial charge >= 0.3 is 5.69 Å². The van der Waals surface area contributed by atoms with Gasteiger partial charge in [0.15, 0.2) is 11.2 Å². The molecule has 2 aromatic rings. The summed E-state index contributed by atoms with van der Waals surface area (Å²) in [5, 5.41) is 0. The summed E-state index contributed by atoms with van der Waals surface area (Å²) >= 11 is 0. The Morgan fingerprint density at radius 2 is 1.93 bits per heavy atom. The molecule has 0 aromatic carbocycles. The maximum Gasteiger partial charge on any atom is 0.329 e. The third-order valence-corrected chi connectivity index (χ3v) is 1.98. The van der Waals surface area contributed by atoms with Crippen molar-refractivity contribution < 1.29 is 22.4 Å². The molecular formula is C8H12AgN4O2. The van der Waals surface area contributed by atoms with Gasteiger partial charge in [-0.2, -0.15) is 0 Å². The van der Waals surface area contributed by atoms with E-state index in [0.717, 1.165) is 0 Å². The molecule has 0 saturated heterocycles. The second-order valence-corrected chi connectivity index (χ2v) is 2.85. The molecule has 1 radical (unpaired) electrons. The minimum Gasteiger partial charge on any atom is -0.328 e. The van der Waals surface area contributed by atoms with E-state index in [0.29, 0.717) is 11.2 Å². The first-order chi connectivity index (χ1) is 6.11. The van der Waals surface area contributed by atoms with E-state index in [1.165, 1.54) is 10.9 Å². The molecule has 6 nitrogen and oxygen atoms in total. The molecule has 0 unspecified atom stereocenters. The molecule has 0 bridgehead atoms. The van der Waals surface area contributed by atoms with Crippen molar-refractivity contribution in [3.63, 3.8) is 0 Å². The molecule has 2 aromatic heterocycles. The Kier molecular flexibility index (Phi) is 4.27. The fourth-order valence-electron chi connectivity index (χ4n) is 1.26. The van der Waals surface area contributed by atoms with E-state index >= 15 is 0 Å². The molecule has 0 aliphatic rings. The van der Waals surface area contributed by atoms with Crippen LogP contribution in [0.3, 0.4) is 0 Å². The van der Waals surface area contributed by atoms with Crippen LogP contribution in [-0.2, 0) is 36.5 Å². The van der Waals surface area contributed by atoms with Crippen LogP contribution in [0.15, 0.2) is 15.9 Å². The molecule has 0 fully saturated rings. The van der Waals surface area contributed by atoms with E-state index < -0.39 is 11.2 Å². The van der Waals surface area contributed by atoms with E-state index in [-0.39, 0.29) is 29.8 Å². The van der Waals surface area contributed by atoms with Crippen molar-refractivity contribution >= 4 is 11.2 Å². The van der Waals surface area contributed by atoms with Gasteiger partial charge in [0.25, 0.3) is 5.56 Å². The largest absolute Gasteiger partial charge is 0.329 e. The maximum atomic E-state index is 11.3. The zero-order valence-corrected chi connectivity index (χ0v) is 9.02. The number of aryl methyl sites for hydroxylation is 2. The quantitative estimate of drug-likeness (QED) is 0.673. The average molecular weight is 304 g/mol. The number of aromatic nitrogens is 4. The van der Waals surface area contributed by atoms with Crippen LogP contribution in [0.2, 0.25) is 0 Å². The minimum absolute atomic E-state index is 0. The van der Waals surface area contributed by atoms with Crippen LogP contribution in [0, 0.1) is 0 Å². The monoisotopic (exact) mass is 303 g/mol. The summed E-state index contributed by atoms with van der Waals surface area (Å²) < 4.78 is 2.88. The molecule has 0 aliphatic carbocycles.